The van der Waals surface area contributed by atoms with Gasteiger partial charge in [-0.05, 0) is 36.4 Å². The molecule has 1 amide bonds. The minimum absolute atomic E-state index is 0.00442. The summed E-state index contributed by atoms with van der Waals surface area (Å²) in [4.78, 5) is 27.0. The van der Waals surface area contributed by atoms with Crippen LogP contribution in [0.2, 0.25) is 0 Å². The van der Waals surface area contributed by atoms with Gasteiger partial charge in [-0.2, -0.15) is 0 Å². The number of nitrogens with one attached hydrogen (secondary N) is 1. The normalized spacial score (nSPS) is 32.3. The van der Waals surface area contributed by atoms with Gasteiger partial charge in [0, 0.05) is 34.4 Å². The van der Waals surface area contributed by atoms with Crippen LogP contribution in [0, 0.1) is 0 Å². The van der Waals surface area contributed by atoms with Gasteiger partial charge < -0.3 is 75.0 Å². The van der Waals surface area contributed by atoms with Gasteiger partial charge in [0.25, 0.3) is 5.91 Å². The maximum atomic E-state index is 13.5. The lowest BCUT2D eigenvalue weighted by atomic mass is 9.77. The molecule has 17 nitrogen and oxygen atoms in total. The Morgan fingerprint density at radius 1 is 0.720 bits per heavy atom. The largest absolute Gasteiger partial charge is 0.508 e. The molecule has 3 aromatic carbocycles. The monoisotopic (exact) mass is 699 g/mol. The van der Waals surface area contributed by atoms with Crippen molar-refractivity contribution in [2.75, 3.05) is 13.2 Å². The number of aromatic hydroxyl groups is 2. The highest BCUT2D eigenvalue weighted by Gasteiger charge is 2.54. The van der Waals surface area contributed by atoms with Gasteiger partial charge in [0.15, 0.2) is 18.2 Å². The zero-order valence-corrected chi connectivity index (χ0v) is 25.8. The summed E-state index contributed by atoms with van der Waals surface area (Å²) in [7, 11) is 0. The quantitative estimate of drug-likeness (QED) is 0.125. The molecular weight excluding hydrogens is 666 g/mol. The Hall–Kier alpha value is -4.40. The van der Waals surface area contributed by atoms with E-state index in [1.54, 1.807) is 0 Å². The summed E-state index contributed by atoms with van der Waals surface area (Å²) in [6, 6.07) is 11.2. The number of benzene rings is 3. The van der Waals surface area contributed by atoms with Crippen LogP contribution in [0.4, 0.5) is 0 Å². The van der Waals surface area contributed by atoms with E-state index in [1.807, 2.05) is 0 Å². The number of esters is 1. The standard InChI is InChI=1S/C33H33NO16/c35-10-21-23(25(40)27(42)31(47-21)49-32-28(43)26(41)24(39)22(11-36)48-32)34-29(44)12-1-4-16-15(7-12)30(45)50-33(16)17-5-2-13(37)8-19(17)46-20-9-14(38)3-6-18(20)33/h1-9,21-28,31-32,35-43H,10-11H2,(H,34,44)/t21?,22-,23-,24-,25+,26?,27?,28?,31-,32-/m1/s1. The predicted octanol–water partition coefficient (Wildman–Crippen LogP) is -1.98. The third kappa shape index (κ3) is 5.35. The van der Waals surface area contributed by atoms with E-state index in [2.05, 4.69) is 5.32 Å². The van der Waals surface area contributed by atoms with E-state index < -0.39 is 92.0 Å². The van der Waals surface area contributed by atoms with E-state index in [4.69, 9.17) is 23.7 Å². The van der Waals surface area contributed by atoms with Crippen molar-refractivity contribution in [1.82, 2.24) is 5.32 Å². The Bertz CT molecular complexity index is 1760. The number of fused-ring (bicyclic) bond motifs is 6. The molecule has 17 heteroatoms. The van der Waals surface area contributed by atoms with Crippen molar-refractivity contribution >= 4 is 11.9 Å². The van der Waals surface area contributed by atoms with Crippen LogP contribution in [0.15, 0.2) is 54.6 Å². The van der Waals surface area contributed by atoms with Gasteiger partial charge in [0.1, 0.15) is 65.7 Å². The summed E-state index contributed by atoms with van der Waals surface area (Å²) in [6.07, 6.45) is -15.3. The molecule has 0 aromatic heterocycles. The number of hydrogen-bond donors (Lipinski definition) is 10. The number of carbonyl (C=O) groups excluding carboxylic acids is 2. The Labute approximate surface area is 282 Å². The summed E-state index contributed by atoms with van der Waals surface area (Å²) >= 11 is 0. The number of aliphatic hydroxyl groups excluding tert-OH is 7. The summed E-state index contributed by atoms with van der Waals surface area (Å²) < 4.78 is 28.2. The number of rotatable bonds is 6. The molecule has 7 rings (SSSR count). The number of aliphatic hydroxyl groups is 7. The van der Waals surface area contributed by atoms with Gasteiger partial charge in [-0.25, -0.2) is 4.79 Å². The highest BCUT2D eigenvalue weighted by Crippen LogP contribution is 2.57. The van der Waals surface area contributed by atoms with Crippen molar-refractivity contribution in [2.24, 2.45) is 0 Å². The second-order valence-electron chi connectivity index (χ2n) is 12.3. The number of carbonyl (C=O) groups is 2. The molecule has 4 aliphatic rings. The van der Waals surface area contributed by atoms with Gasteiger partial charge >= 0.3 is 5.97 Å². The van der Waals surface area contributed by atoms with Gasteiger partial charge in [-0.1, -0.05) is 6.07 Å². The van der Waals surface area contributed by atoms with E-state index in [9.17, 15) is 55.5 Å². The Morgan fingerprint density at radius 3 is 1.88 bits per heavy atom. The molecule has 266 valence electrons. The van der Waals surface area contributed by atoms with Crippen LogP contribution >= 0.6 is 0 Å². The van der Waals surface area contributed by atoms with Crippen molar-refractivity contribution < 1.29 is 79.2 Å². The Morgan fingerprint density at radius 2 is 1.28 bits per heavy atom. The lowest BCUT2D eigenvalue weighted by Gasteiger charge is -2.45. The van der Waals surface area contributed by atoms with Crippen LogP contribution < -0.4 is 10.1 Å². The van der Waals surface area contributed by atoms with Gasteiger partial charge in [-0.3, -0.25) is 4.79 Å². The number of phenolic OH excluding ortho intramolecular Hbond substituents is 2. The number of hydrogen-bond acceptors (Lipinski definition) is 16. The first-order valence-electron chi connectivity index (χ1n) is 15.5. The minimum atomic E-state index is -1.90. The van der Waals surface area contributed by atoms with Crippen molar-refractivity contribution in [3.05, 3.63) is 82.4 Å². The first-order valence-corrected chi connectivity index (χ1v) is 15.5. The van der Waals surface area contributed by atoms with Crippen LogP contribution in [0.5, 0.6) is 23.0 Å². The fourth-order valence-corrected chi connectivity index (χ4v) is 6.77. The maximum absolute atomic E-state index is 13.5. The highest BCUT2D eigenvalue weighted by molar-refractivity contribution is 6.01. The zero-order chi connectivity index (χ0) is 35.6. The fourth-order valence-electron chi connectivity index (χ4n) is 6.77. The van der Waals surface area contributed by atoms with Crippen molar-refractivity contribution in [1.29, 1.82) is 0 Å². The minimum Gasteiger partial charge on any atom is -0.508 e. The number of ether oxygens (including phenoxy) is 5. The molecule has 1 spiro atoms. The van der Waals surface area contributed by atoms with Gasteiger partial charge in [0.2, 0.25) is 0 Å². The summed E-state index contributed by atoms with van der Waals surface area (Å²) in [5, 5.41) is 94.4. The van der Waals surface area contributed by atoms with E-state index in [0.29, 0.717) is 16.7 Å². The van der Waals surface area contributed by atoms with E-state index >= 15 is 0 Å². The average Bonchev–Trinajstić information content (AvgIpc) is 3.39. The maximum Gasteiger partial charge on any atom is 0.340 e. The van der Waals surface area contributed by atoms with Crippen LogP contribution in [0.1, 0.15) is 37.4 Å². The van der Waals surface area contributed by atoms with Crippen molar-refractivity contribution in [3.8, 4) is 23.0 Å². The van der Waals surface area contributed by atoms with Crippen LogP contribution in [0.25, 0.3) is 0 Å². The molecule has 10 atom stereocenters. The third-order valence-electron chi connectivity index (χ3n) is 9.34. The Kier molecular flexibility index (Phi) is 8.68. The molecule has 0 aliphatic carbocycles. The fraction of sp³-hybridized carbons (Fsp3) is 0.394. The average molecular weight is 700 g/mol. The first kappa shape index (κ1) is 34.1. The molecule has 50 heavy (non-hydrogen) atoms. The second kappa shape index (κ2) is 12.7. The molecule has 3 aromatic rings. The molecule has 10 N–H and O–H groups in total. The number of phenols is 2. The van der Waals surface area contributed by atoms with E-state index in [1.165, 1.54) is 54.6 Å². The molecule has 4 aliphatic heterocycles. The molecule has 0 bridgehead atoms. The molecule has 2 saturated heterocycles. The third-order valence-corrected chi connectivity index (χ3v) is 9.34. The van der Waals surface area contributed by atoms with E-state index in [0.717, 1.165) is 0 Å². The lowest BCUT2D eigenvalue weighted by Crippen LogP contribution is -2.66. The van der Waals surface area contributed by atoms with Gasteiger partial charge in [0.05, 0.1) is 24.8 Å². The molecular formula is C33H33NO16. The molecule has 2 fully saturated rings. The van der Waals surface area contributed by atoms with Crippen LogP contribution in [-0.2, 0) is 24.5 Å². The first-order chi connectivity index (χ1) is 23.9. The highest BCUT2D eigenvalue weighted by atomic mass is 16.8. The van der Waals surface area contributed by atoms with E-state index in [-0.39, 0.29) is 34.1 Å². The van der Waals surface area contributed by atoms with Crippen molar-refractivity contribution in [2.45, 2.75) is 67.0 Å². The Balaban J connectivity index is 1.13. The van der Waals surface area contributed by atoms with Gasteiger partial charge in [-0.15, -0.1) is 0 Å². The molecule has 4 heterocycles. The second-order valence-corrected chi connectivity index (χ2v) is 12.3. The smallest absolute Gasteiger partial charge is 0.340 e. The van der Waals surface area contributed by atoms with Crippen molar-refractivity contribution in [3.63, 3.8) is 0 Å². The molecule has 0 radical (unpaired) electrons. The lowest BCUT2D eigenvalue weighted by molar-refractivity contribution is -0.369. The topological polar surface area (TPSA) is 274 Å². The summed E-state index contributed by atoms with van der Waals surface area (Å²) in [6.45, 7) is -1.55. The molecule has 0 saturated carbocycles. The summed E-state index contributed by atoms with van der Waals surface area (Å²) in [5.74, 6) is -1.54. The van der Waals surface area contributed by atoms with Crippen LogP contribution in [-0.4, -0.2) is 132 Å². The predicted molar refractivity (Wildman–Crippen MR) is 162 cm³/mol. The molecule has 4 unspecified atom stereocenters. The number of amides is 1. The van der Waals surface area contributed by atoms with Crippen LogP contribution in [0.3, 0.4) is 0 Å². The summed E-state index contributed by atoms with van der Waals surface area (Å²) in [5.41, 5.74) is -0.550. The SMILES string of the molecule is O=C(N[C@@H]1C(CO)O[C@H](O[C@H]2O[C@H](CO)[C@@H](O)C(O)C2O)C(O)[C@H]1O)c1ccc2c(c1)C(=O)OC21c2ccc(O)cc2Oc2cc(O)ccc21. The zero-order valence-electron chi connectivity index (χ0n) is 25.8.